The normalized spacial score (nSPS) is 11.3. The number of rotatable bonds is 4. The van der Waals surface area contributed by atoms with Crippen LogP contribution in [-0.2, 0) is 11.3 Å². The lowest BCUT2D eigenvalue weighted by atomic mass is 10.2. The Bertz CT molecular complexity index is 998. The molecule has 0 aliphatic heterocycles. The number of nitrogens with zero attached hydrogens (tertiary/aromatic N) is 2. The van der Waals surface area contributed by atoms with Gasteiger partial charge in [-0.05, 0) is 30.3 Å². The maximum Gasteiger partial charge on any atom is 0.573 e. The predicted molar refractivity (Wildman–Crippen MR) is 87.8 cm³/mol. The van der Waals surface area contributed by atoms with Gasteiger partial charge in [-0.3, -0.25) is 9.59 Å². The van der Waals surface area contributed by atoms with Crippen LogP contribution >= 0.6 is 0 Å². The third-order valence-electron chi connectivity index (χ3n) is 3.43. The predicted octanol–water partition coefficient (Wildman–Crippen LogP) is 2.93. The number of alkyl halides is 3. The number of nitrogens with one attached hydrogen (secondary N) is 1. The molecule has 134 valence electrons. The van der Waals surface area contributed by atoms with E-state index in [1.54, 1.807) is 24.3 Å². The number of hydrogen-bond donors (Lipinski definition) is 1. The summed E-state index contributed by atoms with van der Waals surface area (Å²) in [6.45, 7) is -0.329. The molecule has 0 unspecified atom stereocenters. The molecule has 0 spiro atoms. The van der Waals surface area contributed by atoms with Gasteiger partial charge in [-0.25, -0.2) is 4.68 Å². The zero-order chi connectivity index (χ0) is 18.7. The highest BCUT2D eigenvalue weighted by atomic mass is 19.4. The second-order valence-electron chi connectivity index (χ2n) is 5.31. The average Bonchev–Trinajstić information content (AvgIpc) is 2.58. The van der Waals surface area contributed by atoms with Crippen LogP contribution in [0.25, 0.3) is 10.8 Å². The molecule has 1 N–H and O–H groups in total. The van der Waals surface area contributed by atoms with Crippen LogP contribution in [0, 0.1) is 0 Å². The Morgan fingerprint density at radius 2 is 1.81 bits per heavy atom. The molecule has 0 saturated heterocycles. The SMILES string of the molecule is O=C(Cn1ncc2ccccc2c1=O)Nc1ccc(OC(F)(F)F)cc1. The fourth-order valence-electron chi connectivity index (χ4n) is 2.32. The Kier molecular flexibility index (Phi) is 4.61. The van der Waals surface area contributed by atoms with E-state index in [9.17, 15) is 22.8 Å². The van der Waals surface area contributed by atoms with Gasteiger partial charge in [0.2, 0.25) is 5.91 Å². The van der Waals surface area contributed by atoms with E-state index in [4.69, 9.17) is 0 Å². The number of benzene rings is 2. The summed E-state index contributed by atoms with van der Waals surface area (Å²) in [5.74, 6) is -0.942. The van der Waals surface area contributed by atoms with E-state index in [0.717, 1.165) is 16.8 Å². The Labute approximate surface area is 144 Å². The fraction of sp³-hybridized carbons (Fsp3) is 0.118. The molecule has 3 rings (SSSR count). The van der Waals surface area contributed by atoms with Crippen molar-refractivity contribution in [2.75, 3.05) is 5.32 Å². The van der Waals surface area contributed by atoms with Gasteiger partial charge in [0.15, 0.2) is 0 Å². The molecule has 0 fully saturated rings. The molecule has 26 heavy (non-hydrogen) atoms. The molecule has 1 heterocycles. The van der Waals surface area contributed by atoms with Gasteiger partial charge >= 0.3 is 6.36 Å². The summed E-state index contributed by atoms with van der Waals surface area (Å²) in [5.41, 5.74) is -0.148. The lowest BCUT2D eigenvalue weighted by Gasteiger charge is -2.10. The largest absolute Gasteiger partial charge is 0.573 e. The summed E-state index contributed by atoms with van der Waals surface area (Å²) in [6, 6.07) is 11.5. The number of amides is 1. The minimum atomic E-state index is -4.78. The maximum absolute atomic E-state index is 12.3. The lowest BCUT2D eigenvalue weighted by molar-refractivity contribution is -0.274. The van der Waals surface area contributed by atoms with Crippen LogP contribution < -0.4 is 15.6 Å². The summed E-state index contributed by atoms with van der Waals surface area (Å²) < 4.78 is 41.1. The van der Waals surface area contributed by atoms with Crippen LogP contribution in [0.1, 0.15) is 0 Å². The van der Waals surface area contributed by atoms with E-state index in [-0.39, 0.29) is 12.2 Å². The van der Waals surface area contributed by atoms with Crippen molar-refractivity contribution in [2.24, 2.45) is 0 Å². The molecule has 0 saturated carbocycles. The molecular formula is C17H12F3N3O3. The second kappa shape index (κ2) is 6.87. The van der Waals surface area contributed by atoms with Crippen LogP contribution in [0.4, 0.5) is 18.9 Å². The van der Waals surface area contributed by atoms with Crippen molar-refractivity contribution in [3.05, 3.63) is 65.1 Å². The van der Waals surface area contributed by atoms with Gasteiger partial charge in [0.1, 0.15) is 12.3 Å². The molecule has 1 amide bonds. The van der Waals surface area contributed by atoms with Crippen LogP contribution in [0.3, 0.4) is 0 Å². The average molecular weight is 363 g/mol. The van der Waals surface area contributed by atoms with Crippen LogP contribution in [0.5, 0.6) is 5.75 Å². The van der Waals surface area contributed by atoms with E-state index in [1.807, 2.05) is 0 Å². The fourth-order valence-corrected chi connectivity index (χ4v) is 2.32. The maximum atomic E-state index is 12.3. The van der Waals surface area contributed by atoms with Crippen molar-refractivity contribution in [1.29, 1.82) is 0 Å². The molecule has 0 atom stereocenters. The Balaban J connectivity index is 1.69. The van der Waals surface area contributed by atoms with Crippen LogP contribution in [-0.4, -0.2) is 22.1 Å². The van der Waals surface area contributed by atoms with Gasteiger partial charge in [-0.15, -0.1) is 13.2 Å². The van der Waals surface area contributed by atoms with Crippen molar-refractivity contribution >= 4 is 22.4 Å². The van der Waals surface area contributed by atoms with E-state index >= 15 is 0 Å². The highest BCUT2D eigenvalue weighted by molar-refractivity contribution is 5.90. The lowest BCUT2D eigenvalue weighted by Crippen LogP contribution is -2.29. The summed E-state index contributed by atoms with van der Waals surface area (Å²) in [6.07, 6.45) is -3.30. The number of hydrogen-bond acceptors (Lipinski definition) is 4. The molecule has 0 bridgehead atoms. The first kappa shape index (κ1) is 17.5. The molecule has 6 nitrogen and oxygen atoms in total. The molecule has 2 aromatic carbocycles. The van der Waals surface area contributed by atoms with Crippen molar-refractivity contribution in [3.63, 3.8) is 0 Å². The van der Waals surface area contributed by atoms with E-state index < -0.39 is 23.6 Å². The second-order valence-corrected chi connectivity index (χ2v) is 5.31. The molecular weight excluding hydrogens is 351 g/mol. The third kappa shape index (κ3) is 4.18. The molecule has 0 aliphatic rings. The summed E-state index contributed by atoms with van der Waals surface area (Å²) in [7, 11) is 0. The first-order valence-electron chi connectivity index (χ1n) is 7.42. The Morgan fingerprint density at radius 3 is 2.50 bits per heavy atom. The topological polar surface area (TPSA) is 73.2 Å². The van der Waals surface area contributed by atoms with E-state index in [2.05, 4.69) is 15.2 Å². The number of fused-ring (bicyclic) bond motifs is 1. The van der Waals surface area contributed by atoms with Crippen LogP contribution in [0.15, 0.2) is 59.5 Å². The number of carbonyl (C=O) groups excluding carboxylic acids is 1. The van der Waals surface area contributed by atoms with Gasteiger partial charge in [0.05, 0.1) is 11.6 Å². The summed E-state index contributed by atoms with van der Waals surface area (Å²) in [4.78, 5) is 24.4. The zero-order valence-corrected chi connectivity index (χ0v) is 13.2. The van der Waals surface area contributed by atoms with Crippen molar-refractivity contribution in [2.45, 2.75) is 12.9 Å². The Morgan fingerprint density at radius 1 is 1.12 bits per heavy atom. The number of halogens is 3. The van der Waals surface area contributed by atoms with E-state index in [0.29, 0.717) is 10.8 Å². The van der Waals surface area contributed by atoms with E-state index in [1.165, 1.54) is 18.3 Å². The van der Waals surface area contributed by atoms with Gasteiger partial charge in [-0.1, -0.05) is 18.2 Å². The first-order chi connectivity index (χ1) is 12.3. The van der Waals surface area contributed by atoms with Crippen molar-refractivity contribution < 1.29 is 22.7 Å². The minimum Gasteiger partial charge on any atom is -0.406 e. The van der Waals surface area contributed by atoms with Gasteiger partial charge < -0.3 is 10.1 Å². The molecule has 0 radical (unpaired) electrons. The van der Waals surface area contributed by atoms with Gasteiger partial charge in [0.25, 0.3) is 5.56 Å². The molecule has 0 aliphatic carbocycles. The summed E-state index contributed by atoms with van der Waals surface area (Å²) >= 11 is 0. The standard InChI is InChI=1S/C17H12F3N3O3/c18-17(19,20)26-13-7-5-12(6-8-13)22-15(24)10-23-16(25)14-4-2-1-3-11(14)9-21-23/h1-9H,10H2,(H,22,24). The monoisotopic (exact) mass is 363 g/mol. The van der Waals surface area contributed by atoms with Gasteiger partial charge in [0, 0.05) is 11.1 Å². The minimum absolute atomic E-state index is 0.262. The van der Waals surface area contributed by atoms with Crippen LogP contribution in [0.2, 0.25) is 0 Å². The molecule has 3 aromatic rings. The van der Waals surface area contributed by atoms with Gasteiger partial charge in [-0.2, -0.15) is 5.10 Å². The number of carbonyl (C=O) groups is 1. The quantitative estimate of drug-likeness (QED) is 0.774. The Hall–Kier alpha value is -3.36. The number of ether oxygens (including phenoxy) is 1. The first-order valence-corrected chi connectivity index (χ1v) is 7.42. The van der Waals surface area contributed by atoms with Crippen molar-refractivity contribution in [1.82, 2.24) is 9.78 Å². The van der Waals surface area contributed by atoms with Crippen molar-refractivity contribution in [3.8, 4) is 5.75 Å². The smallest absolute Gasteiger partial charge is 0.406 e. The number of aromatic nitrogens is 2. The highest BCUT2D eigenvalue weighted by Crippen LogP contribution is 2.23. The summed E-state index contributed by atoms with van der Waals surface area (Å²) in [5, 5.41) is 7.52. The zero-order valence-electron chi connectivity index (χ0n) is 13.2. The number of anilines is 1. The molecule has 1 aromatic heterocycles. The third-order valence-corrected chi connectivity index (χ3v) is 3.43. The molecule has 9 heteroatoms. The highest BCUT2D eigenvalue weighted by Gasteiger charge is 2.30.